The van der Waals surface area contributed by atoms with Crippen molar-refractivity contribution in [2.45, 2.75) is 6.42 Å². The Bertz CT molecular complexity index is 533. The number of carboxylic acids is 1. The highest BCUT2D eigenvalue weighted by Crippen LogP contribution is 2.30. The lowest BCUT2D eigenvalue weighted by atomic mass is 10.1. The van der Waals surface area contributed by atoms with Crippen molar-refractivity contribution in [2.24, 2.45) is 0 Å². The van der Waals surface area contributed by atoms with Crippen molar-refractivity contribution in [2.75, 3.05) is 0 Å². The Balaban J connectivity index is 2.63. The summed E-state index contributed by atoms with van der Waals surface area (Å²) in [7, 11) is 0. The molecule has 0 saturated heterocycles. The van der Waals surface area contributed by atoms with Gasteiger partial charge in [-0.3, -0.25) is 4.79 Å². The molecule has 0 spiro atoms. The number of phenols is 1. The highest BCUT2D eigenvalue weighted by atomic mass is 35.5. The number of nitrogens with one attached hydrogen (secondary N) is 1. The lowest BCUT2D eigenvalue weighted by molar-refractivity contribution is -0.136. The fourth-order valence-corrected chi connectivity index (χ4v) is 1.91. The van der Waals surface area contributed by atoms with Gasteiger partial charge in [-0.1, -0.05) is 11.6 Å². The molecule has 0 saturated carbocycles. The molecule has 5 heteroatoms. The Morgan fingerprint density at radius 2 is 2.20 bits per heavy atom. The third-order valence-corrected chi connectivity index (χ3v) is 2.44. The van der Waals surface area contributed by atoms with Gasteiger partial charge in [-0.05, 0) is 11.6 Å². The fraction of sp³-hybridized carbons (Fsp3) is 0.100. The van der Waals surface area contributed by atoms with E-state index in [4.69, 9.17) is 16.7 Å². The molecule has 1 heterocycles. The van der Waals surface area contributed by atoms with Gasteiger partial charge in [0.05, 0.1) is 17.0 Å². The van der Waals surface area contributed by atoms with Crippen molar-refractivity contribution in [1.29, 1.82) is 0 Å². The second-order valence-electron chi connectivity index (χ2n) is 3.23. The maximum Gasteiger partial charge on any atom is 0.307 e. The number of hydrogen-bond acceptors (Lipinski definition) is 2. The van der Waals surface area contributed by atoms with Gasteiger partial charge in [0, 0.05) is 17.6 Å². The minimum Gasteiger partial charge on any atom is -0.508 e. The van der Waals surface area contributed by atoms with Crippen molar-refractivity contribution >= 4 is 28.5 Å². The van der Waals surface area contributed by atoms with E-state index < -0.39 is 5.97 Å². The Morgan fingerprint density at radius 1 is 1.47 bits per heavy atom. The summed E-state index contributed by atoms with van der Waals surface area (Å²) < 4.78 is 0. The van der Waals surface area contributed by atoms with Crippen LogP contribution in [0.1, 0.15) is 5.56 Å². The molecule has 2 rings (SSSR count). The first-order valence-corrected chi connectivity index (χ1v) is 4.66. The Hall–Kier alpha value is -1.68. The third kappa shape index (κ3) is 1.76. The summed E-state index contributed by atoms with van der Waals surface area (Å²) in [6.45, 7) is 0. The second kappa shape index (κ2) is 3.47. The predicted molar refractivity (Wildman–Crippen MR) is 56.3 cm³/mol. The van der Waals surface area contributed by atoms with Crippen molar-refractivity contribution < 1.29 is 15.0 Å². The van der Waals surface area contributed by atoms with E-state index in [1.807, 2.05) is 0 Å². The summed E-state index contributed by atoms with van der Waals surface area (Å²) in [5, 5.41) is 19.0. The summed E-state index contributed by atoms with van der Waals surface area (Å²) in [4.78, 5) is 13.4. The van der Waals surface area contributed by atoms with E-state index in [2.05, 4.69) is 4.98 Å². The standard InChI is InChI=1S/C10H8ClNO3/c11-7-2-6(13)3-8-10(7)5(4-12-8)1-9(14)15/h2-4,12-13H,1H2,(H,14,15). The average Bonchev–Trinajstić information content (AvgIpc) is 2.46. The van der Waals surface area contributed by atoms with E-state index in [1.54, 1.807) is 6.20 Å². The van der Waals surface area contributed by atoms with Gasteiger partial charge >= 0.3 is 5.97 Å². The van der Waals surface area contributed by atoms with Gasteiger partial charge < -0.3 is 15.2 Å². The zero-order chi connectivity index (χ0) is 11.0. The average molecular weight is 226 g/mol. The molecule has 78 valence electrons. The monoisotopic (exact) mass is 225 g/mol. The number of aromatic nitrogens is 1. The quantitative estimate of drug-likeness (QED) is 0.733. The molecule has 15 heavy (non-hydrogen) atoms. The molecule has 1 aromatic carbocycles. The highest BCUT2D eigenvalue weighted by molar-refractivity contribution is 6.36. The first-order chi connectivity index (χ1) is 7.08. The molecule has 0 radical (unpaired) electrons. The molecule has 0 bridgehead atoms. The number of benzene rings is 1. The summed E-state index contributed by atoms with van der Waals surface area (Å²) in [6.07, 6.45) is 1.49. The van der Waals surface area contributed by atoms with E-state index in [0.717, 1.165) is 0 Å². The summed E-state index contributed by atoms with van der Waals surface area (Å²) in [6, 6.07) is 2.90. The Labute approximate surface area is 90.1 Å². The molecule has 0 atom stereocenters. The summed E-state index contributed by atoms with van der Waals surface area (Å²) in [5.74, 6) is -0.865. The molecule has 0 aliphatic carbocycles. The van der Waals surface area contributed by atoms with Gasteiger partial charge in [-0.25, -0.2) is 0 Å². The maximum atomic E-state index is 10.6. The molecule has 0 aliphatic heterocycles. The molecule has 2 aromatic rings. The van der Waals surface area contributed by atoms with Crippen LogP contribution in [-0.2, 0) is 11.2 Å². The smallest absolute Gasteiger partial charge is 0.307 e. The first kappa shape index (κ1) is 9.86. The molecule has 3 N–H and O–H groups in total. The molecular weight excluding hydrogens is 218 g/mol. The number of H-pyrrole nitrogens is 1. The zero-order valence-electron chi connectivity index (χ0n) is 7.62. The highest BCUT2D eigenvalue weighted by Gasteiger charge is 2.11. The number of carboxylic acid groups (broad SMARTS) is 1. The Morgan fingerprint density at radius 3 is 2.87 bits per heavy atom. The molecule has 4 nitrogen and oxygen atoms in total. The molecule has 0 fully saturated rings. The van der Waals surface area contributed by atoms with Crippen LogP contribution in [0.4, 0.5) is 0 Å². The van der Waals surface area contributed by atoms with Gasteiger partial charge in [0.25, 0.3) is 0 Å². The number of halogens is 1. The van der Waals surface area contributed by atoms with Crippen LogP contribution in [0.25, 0.3) is 10.9 Å². The van der Waals surface area contributed by atoms with E-state index in [9.17, 15) is 9.90 Å². The number of rotatable bonds is 2. The van der Waals surface area contributed by atoms with E-state index >= 15 is 0 Å². The van der Waals surface area contributed by atoms with Crippen LogP contribution in [0.15, 0.2) is 18.3 Å². The summed E-state index contributed by atoms with van der Waals surface area (Å²) >= 11 is 5.92. The SMILES string of the molecule is O=C(O)Cc1c[nH]c2cc(O)cc(Cl)c12. The van der Waals surface area contributed by atoms with Gasteiger partial charge in [0.2, 0.25) is 0 Å². The van der Waals surface area contributed by atoms with E-state index in [1.165, 1.54) is 12.1 Å². The van der Waals surface area contributed by atoms with Gasteiger partial charge in [0.15, 0.2) is 0 Å². The maximum absolute atomic E-state index is 10.6. The van der Waals surface area contributed by atoms with Crippen molar-refractivity contribution in [3.05, 3.63) is 28.9 Å². The zero-order valence-corrected chi connectivity index (χ0v) is 8.38. The van der Waals surface area contributed by atoms with Crippen LogP contribution in [-0.4, -0.2) is 21.2 Å². The number of hydrogen-bond donors (Lipinski definition) is 3. The van der Waals surface area contributed by atoms with Crippen LogP contribution in [0.2, 0.25) is 5.02 Å². The molecule has 1 aromatic heterocycles. The van der Waals surface area contributed by atoms with Crippen LogP contribution in [0, 0.1) is 0 Å². The van der Waals surface area contributed by atoms with E-state index in [0.29, 0.717) is 21.5 Å². The minimum atomic E-state index is -0.917. The number of aromatic amines is 1. The largest absolute Gasteiger partial charge is 0.508 e. The normalized spacial score (nSPS) is 10.7. The molecule has 0 amide bonds. The first-order valence-electron chi connectivity index (χ1n) is 4.28. The number of aromatic hydroxyl groups is 1. The fourth-order valence-electron chi connectivity index (χ4n) is 1.57. The van der Waals surface area contributed by atoms with Gasteiger partial charge in [-0.2, -0.15) is 0 Å². The van der Waals surface area contributed by atoms with Crippen LogP contribution in [0.5, 0.6) is 5.75 Å². The minimum absolute atomic E-state index is 0.0521. The lowest BCUT2D eigenvalue weighted by Gasteiger charge is -1.99. The van der Waals surface area contributed by atoms with Crippen LogP contribution < -0.4 is 0 Å². The number of phenolic OH excluding ortho intramolecular Hbond substituents is 1. The number of aliphatic carboxylic acids is 1. The number of fused-ring (bicyclic) bond motifs is 1. The predicted octanol–water partition coefficient (Wildman–Crippen LogP) is 2.15. The van der Waals surface area contributed by atoms with Gasteiger partial charge in [0.1, 0.15) is 5.75 Å². The van der Waals surface area contributed by atoms with Gasteiger partial charge in [-0.15, -0.1) is 0 Å². The van der Waals surface area contributed by atoms with Crippen molar-refractivity contribution in [3.8, 4) is 5.75 Å². The van der Waals surface area contributed by atoms with Crippen molar-refractivity contribution in [3.63, 3.8) is 0 Å². The van der Waals surface area contributed by atoms with E-state index in [-0.39, 0.29) is 12.2 Å². The van der Waals surface area contributed by atoms with Crippen LogP contribution in [0.3, 0.4) is 0 Å². The molecular formula is C10H8ClNO3. The Kier molecular flexibility index (Phi) is 2.28. The van der Waals surface area contributed by atoms with Crippen LogP contribution >= 0.6 is 11.6 Å². The third-order valence-electron chi connectivity index (χ3n) is 2.14. The second-order valence-corrected chi connectivity index (χ2v) is 3.64. The lowest BCUT2D eigenvalue weighted by Crippen LogP contribution is -1.98. The number of carbonyl (C=O) groups is 1. The summed E-state index contributed by atoms with van der Waals surface area (Å²) in [5.41, 5.74) is 1.25. The molecule has 0 unspecified atom stereocenters. The molecule has 0 aliphatic rings. The topological polar surface area (TPSA) is 73.3 Å². The van der Waals surface area contributed by atoms with Crippen molar-refractivity contribution in [1.82, 2.24) is 4.98 Å².